The predicted molar refractivity (Wildman–Crippen MR) is 226 cm³/mol. The molecule has 1 fully saturated rings. The second-order valence-corrected chi connectivity index (χ2v) is 15.0. The summed E-state index contributed by atoms with van der Waals surface area (Å²) in [6.07, 6.45) is 5.72. The van der Waals surface area contributed by atoms with Gasteiger partial charge in [0.1, 0.15) is 5.58 Å². The molecule has 8 aromatic rings. The average Bonchev–Trinajstić information content (AvgIpc) is 3.65. The molecule has 4 heteroatoms. The largest absolute Gasteiger partial charge is 0.500 e. The first-order valence-corrected chi connectivity index (χ1v) is 18.6. The van der Waals surface area contributed by atoms with E-state index in [2.05, 4.69) is 46.4 Å². The van der Waals surface area contributed by atoms with E-state index >= 15 is 0 Å². The molecule has 1 saturated carbocycles. The Kier molecular flexibility index (Phi) is 8.53. The molecule has 1 aliphatic carbocycles. The Morgan fingerprint density at radius 3 is 2.29 bits per heavy atom. The zero-order valence-corrected chi connectivity index (χ0v) is 33.6. The van der Waals surface area contributed by atoms with E-state index in [1.165, 1.54) is 12.3 Å². The molecule has 9 rings (SSSR count). The van der Waals surface area contributed by atoms with E-state index in [-0.39, 0.29) is 31.2 Å². The molecule has 5 aromatic carbocycles. The molecule has 1 aliphatic rings. The van der Waals surface area contributed by atoms with Crippen LogP contribution in [-0.4, -0.2) is 9.97 Å². The Bertz CT molecular complexity index is 2930. The van der Waals surface area contributed by atoms with E-state index in [0.717, 1.165) is 52.0 Å². The molecule has 0 saturated heterocycles. The van der Waals surface area contributed by atoms with Crippen molar-refractivity contribution in [2.75, 3.05) is 0 Å². The zero-order valence-electron chi connectivity index (χ0n) is 40.2. The topological polar surface area (TPSA) is 38.9 Å². The quantitative estimate of drug-likeness (QED) is 0.162. The summed E-state index contributed by atoms with van der Waals surface area (Å²) >= 11 is 0. The van der Waals surface area contributed by atoms with Crippen molar-refractivity contribution in [2.24, 2.45) is 5.41 Å². The zero-order chi connectivity index (χ0) is 45.0. The maximum Gasteiger partial charge on any atom is 0.128 e. The normalized spacial score (nSPS) is 17.1. The molecule has 0 aliphatic heterocycles. The van der Waals surface area contributed by atoms with E-state index in [1.807, 2.05) is 75.4 Å². The monoisotopic (exact) mass is 906 g/mol. The first-order chi connectivity index (χ1) is 29.8. The minimum absolute atomic E-state index is 0. The maximum atomic E-state index is 9.17. The van der Waals surface area contributed by atoms with Crippen molar-refractivity contribution < 1.29 is 36.9 Å². The van der Waals surface area contributed by atoms with Crippen LogP contribution >= 0.6 is 0 Å². The van der Waals surface area contributed by atoms with E-state index < -0.39 is 31.4 Å². The molecular weight excluding hydrogens is 849 g/mol. The van der Waals surface area contributed by atoms with Crippen molar-refractivity contribution in [2.45, 2.75) is 78.8 Å². The van der Waals surface area contributed by atoms with E-state index in [9.17, 15) is 1.37 Å². The molecule has 0 bridgehead atoms. The van der Waals surface area contributed by atoms with Gasteiger partial charge in [0.15, 0.2) is 0 Å². The molecule has 0 unspecified atom stereocenters. The summed E-state index contributed by atoms with van der Waals surface area (Å²) in [4.78, 5) is 8.99. The Labute approximate surface area is 352 Å². The second-order valence-electron chi connectivity index (χ2n) is 15.0. The molecule has 1 radical (unpaired) electrons. The minimum atomic E-state index is -2.32. The molecule has 55 heavy (non-hydrogen) atoms. The van der Waals surface area contributed by atoms with E-state index in [4.69, 9.17) is 15.4 Å². The standard InChI is InChI=1S/C28H24NO.C23H24N.Ir/c1-18-17-29-26(16-25(18)19-8-3-2-4-9-19)24-13-7-12-22-23-15-14-20-10-5-6-11-21(20)27(23)30-28(22)24;1-17-10-12-20(14-21(17)19-8-6-5-7-9-19)22-13-11-18(16-24-22)15-23(2,3)4;/h5-7,10-12,14-17,19H,2-4,8-9H2,1H3;5-11,13-14,16H,15H2,1-4H3;/q2*-1;/i1D3,19D;1D3,15D2;. The minimum Gasteiger partial charge on any atom is -0.500 e. The van der Waals surface area contributed by atoms with Crippen molar-refractivity contribution in [1.29, 1.82) is 0 Å². The molecule has 3 aromatic heterocycles. The van der Waals surface area contributed by atoms with Crippen LogP contribution in [-0.2, 0) is 26.5 Å². The summed E-state index contributed by atoms with van der Waals surface area (Å²) in [6.45, 7) is 0.998. The number of hydrogen-bond donors (Lipinski definition) is 0. The summed E-state index contributed by atoms with van der Waals surface area (Å²) in [5.41, 5.74) is 6.42. The average molecular weight is 906 g/mol. The van der Waals surface area contributed by atoms with Gasteiger partial charge in [0.05, 0.1) is 5.58 Å². The van der Waals surface area contributed by atoms with Gasteiger partial charge in [-0.05, 0) is 76.4 Å². The number of fused-ring (bicyclic) bond motifs is 5. The van der Waals surface area contributed by atoms with Crippen LogP contribution in [0.5, 0.6) is 0 Å². The second kappa shape index (κ2) is 16.5. The van der Waals surface area contributed by atoms with Crippen LogP contribution in [0.2, 0.25) is 0 Å². The Balaban J connectivity index is 0.000000191. The van der Waals surface area contributed by atoms with Crippen LogP contribution in [0.1, 0.15) is 93.4 Å². The molecule has 0 spiro atoms. The first-order valence-electron chi connectivity index (χ1n) is 23.1. The van der Waals surface area contributed by atoms with Crippen molar-refractivity contribution in [3.05, 3.63) is 156 Å². The summed E-state index contributed by atoms with van der Waals surface area (Å²) < 4.78 is 80.1. The van der Waals surface area contributed by atoms with Gasteiger partial charge in [-0.3, -0.25) is 0 Å². The number of hydrogen-bond acceptors (Lipinski definition) is 3. The predicted octanol–water partition coefficient (Wildman–Crippen LogP) is 14.1. The molecule has 3 nitrogen and oxygen atoms in total. The third kappa shape index (κ3) is 8.37. The number of benzene rings is 5. The van der Waals surface area contributed by atoms with Crippen molar-refractivity contribution in [1.82, 2.24) is 9.97 Å². The van der Waals surface area contributed by atoms with Crippen molar-refractivity contribution in [3.8, 4) is 33.6 Å². The molecule has 0 N–H and O–H groups in total. The summed E-state index contributed by atoms with van der Waals surface area (Å²) in [5, 5.41) is 4.14. The van der Waals surface area contributed by atoms with Gasteiger partial charge in [0.25, 0.3) is 0 Å². The summed E-state index contributed by atoms with van der Waals surface area (Å²) in [7, 11) is 0. The molecular formula is C51H48IrN2O-2. The third-order valence-electron chi connectivity index (χ3n) is 9.92. The number of aromatic nitrogens is 2. The van der Waals surface area contributed by atoms with Gasteiger partial charge < -0.3 is 14.4 Å². The maximum absolute atomic E-state index is 9.17. The summed E-state index contributed by atoms with van der Waals surface area (Å²) in [6, 6.07) is 40.4. The molecule has 0 amide bonds. The number of pyridine rings is 2. The SMILES string of the molecule is [2H]C([2H])([2H])c1c[c-]c(-c2ccc(C([2H])([2H])C(C)(C)C)cn2)cc1-c1ccccc1.[2H]C([2H])([2H])c1cnc(-c2[c-]ccc3c2oc2c4ccccc4ccc32)cc1C1([2H])CCCCC1.[Ir]. The number of furan rings is 1. The van der Waals surface area contributed by atoms with E-state index in [1.54, 1.807) is 30.5 Å². The fourth-order valence-electron chi connectivity index (χ4n) is 7.35. The van der Waals surface area contributed by atoms with Crippen LogP contribution in [0.15, 0.2) is 126 Å². The summed E-state index contributed by atoms with van der Waals surface area (Å²) in [5.74, 6) is -0.919. The third-order valence-corrected chi connectivity index (χ3v) is 9.92. The van der Waals surface area contributed by atoms with Gasteiger partial charge in [-0.2, -0.15) is 0 Å². The number of rotatable bonds is 5. The fourth-order valence-corrected chi connectivity index (χ4v) is 7.35. The molecule has 279 valence electrons. The fraction of sp³-hybridized carbons (Fsp3) is 0.255. The van der Waals surface area contributed by atoms with Crippen LogP contribution in [0.4, 0.5) is 0 Å². The van der Waals surface area contributed by atoms with Crippen molar-refractivity contribution >= 4 is 32.7 Å². The van der Waals surface area contributed by atoms with Gasteiger partial charge >= 0.3 is 0 Å². The van der Waals surface area contributed by atoms with Gasteiger partial charge in [0, 0.05) is 55.6 Å². The smallest absolute Gasteiger partial charge is 0.128 e. The van der Waals surface area contributed by atoms with E-state index in [0.29, 0.717) is 57.6 Å². The Hall–Kier alpha value is -4.89. The first kappa shape index (κ1) is 28.5. The van der Waals surface area contributed by atoms with Crippen LogP contribution in [0.3, 0.4) is 0 Å². The number of nitrogens with zero attached hydrogens (tertiary/aromatic N) is 2. The Morgan fingerprint density at radius 2 is 1.53 bits per heavy atom. The molecule has 3 heterocycles. The van der Waals surface area contributed by atoms with Gasteiger partial charge in [-0.1, -0.05) is 148 Å². The van der Waals surface area contributed by atoms with Crippen molar-refractivity contribution in [3.63, 3.8) is 0 Å². The van der Waals surface area contributed by atoms with Crippen LogP contribution in [0, 0.1) is 31.3 Å². The van der Waals surface area contributed by atoms with Gasteiger partial charge in [-0.25, -0.2) is 0 Å². The van der Waals surface area contributed by atoms with Crippen LogP contribution in [0.25, 0.3) is 66.4 Å². The van der Waals surface area contributed by atoms with Gasteiger partial charge in [-0.15, -0.1) is 47.5 Å². The van der Waals surface area contributed by atoms with Gasteiger partial charge in [0.2, 0.25) is 0 Å². The Morgan fingerprint density at radius 1 is 0.764 bits per heavy atom. The van der Waals surface area contributed by atoms with Crippen LogP contribution < -0.4 is 0 Å². The number of aryl methyl sites for hydroxylation is 2. The molecule has 0 atom stereocenters.